The summed E-state index contributed by atoms with van der Waals surface area (Å²) in [6.07, 6.45) is 14.1. The van der Waals surface area contributed by atoms with Gasteiger partial charge >= 0.3 is 0 Å². The van der Waals surface area contributed by atoms with Gasteiger partial charge in [0.25, 0.3) is 0 Å². The van der Waals surface area contributed by atoms with Gasteiger partial charge < -0.3 is 89.9 Å². The minimum atomic E-state index is -1.97. The van der Waals surface area contributed by atoms with Crippen molar-refractivity contribution in [1.82, 2.24) is 5.32 Å². The fraction of sp³-hybridized carbons (Fsp3) is 0.947. The van der Waals surface area contributed by atoms with Crippen LogP contribution >= 0.6 is 0 Å². The molecule has 1 amide bonds. The third kappa shape index (κ3) is 25.5. The second kappa shape index (κ2) is 41.5. The van der Waals surface area contributed by atoms with Gasteiger partial charge in [-0.05, 0) is 19.3 Å². The standard InChI is InChI=1S/C57H107NO18/c1-3-5-7-9-11-12-13-14-15-16-17-18-19-20-21-22-23-24-25-26-27-28-29-31-33-35-45(63)58-40(41(62)34-32-30-10-8-6-4-2)39-71-55-51(69)48(66)53(43(37-60)73-55)76-57-52(70)49(67)54(44(38-61)74-57)75-56-50(68)47(65)46(64)42(36-59)72-56/h32,34,40-44,46-57,59-62,64-70H,3-31,33,35-39H2,1-2H3,(H,58,63)/b34-32+. The van der Waals surface area contributed by atoms with Gasteiger partial charge in [0.15, 0.2) is 18.9 Å². The van der Waals surface area contributed by atoms with E-state index in [1.807, 2.05) is 6.08 Å². The average Bonchev–Trinajstić information content (AvgIpc) is 3.42. The number of hydrogen-bond donors (Lipinski definition) is 12. The Morgan fingerprint density at radius 3 is 1.24 bits per heavy atom. The van der Waals surface area contributed by atoms with E-state index in [0.29, 0.717) is 6.42 Å². The molecule has 448 valence electrons. The number of ether oxygens (including phenoxy) is 6. The number of carbonyl (C=O) groups is 1. The molecule has 17 unspecified atom stereocenters. The first-order chi connectivity index (χ1) is 36.8. The summed E-state index contributed by atoms with van der Waals surface area (Å²) in [4.78, 5) is 13.2. The number of carbonyl (C=O) groups excluding carboxylic acids is 1. The van der Waals surface area contributed by atoms with Gasteiger partial charge in [-0.1, -0.05) is 199 Å². The molecule has 3 aliphatic heterocycles. The van der Waals surface area contributed by atoms with Crippen LogP contribution in [0.5, 0.6) is 0 Å². The zero-order valence-corrected chi connectivity index (χ0v) is 46.5. The molecule has 3 saturated heterocycles. The Morgan fingerprint density at radius 1 is 0.461 bits per heavy atom. The van der Waals surface area contributed by atoms with Gasteiger partial charge in [0.1, 0.15) is 73.2 Å². The van der Waals surface area contributed by atoms with E-state index in [1.54, 1.807) is 6.08 Å². The summed E-state index contributed by atoms with van der Waals surface area (Å²) in [5, 5.41) is 119. The van der Waals surface area contributed by atoms with Crippen molar-refractivity contribution in [3.05, 3.63) is 12.2 Å². The molecule has 12 N–H and O–H groups in total. The molecule has 76 heavy (non-hydrogen) atoms. The number of allylic oxidation sites excluding steroid dienone is 1. The number of aliphatic hydroxyl groups excluding tert-OH is 11. The number of nitrogens with one attached hydrogen (secondary N) is 1. The van der Waals surface area contributed by atoms with E-state index in [0.717, 1.165) is 51.4 Å². The quantitative estimate of drug-likeness (QED) is 0.0283. The molecule has 17 atom stereocenters. The minimum absolute atomic E-state index is 0.248. The molecule has 0 aromatic heterocycles. The number of aliphatic hydroxyl groups is 11. The monoisotopic (exact) mass is 1090 g/mol. The number of hydrogen-bond acceptors (Lipinski definition) is 18. The van der Waals surface area contributed by atoms with Gasteiger partial charge in [-0.2, -0.15) is 0 Å². The SMILES string of the molecule is CCCCCC/C=C/C(O)C(COC1OC(CO)C(OC2OC(CO)C(OC3OC(CO)C(O)C(O)C3O)C(O)C2O)C(O)C1O)NC(=O)CCCCCCCCCCCCCCCCCCCCCCCCCCC. The normalized spacial score (nSPS) is 31.0. The zero-order chi connectivity index (χ0) is 55.5. The van der Waals surface area contributed by atoms with Gasteiger partial charge in [-0.15, -0.1) is 0 Å². The molecule has 0 aromatic carbocycles. The molecule has 3 aliphatic rings. The molecule has 3 heterocycles. The van der Waals surface area contributed by atoms with Crippen LogP contribution in [-0.2, 0) is 33.2 Å². The summed E-state index contributed by atoms with van der Waals surface area (Å²) < 4.78 is 34.1. The highest BCUT2D eigenvalue weighted by Crippen LogP contribution is 2.33. The second-order valence-electron chi connectivity index (χ2n) is 21.8. The predicted octanol–water partition coefficient (Wildman–Crippen LogP) is 4.99. The first kappa shape index (κ1) is 68.8. The van der Waals surface area contributed by atoms with Crippen LogP contribution in [0.25, 0.3) is 0 Å². The lowest BCUT2D eigenvalue weighted by atomic mass is 9.96. The summed E-state index contributed by atoms with van der Waals surface area (Å²) in [7, 11) is 0. The second-order valence-corrected chi connectivity index (χ2v) is 21.8. The Kier molecular flexibility index (Phi) is 37.6. The first-order valence-electron chi connectivity index (χ1n) is 29.9. The Hall–Kier alpha value is -1.47. The van der Waals surface area contributed by atoms with Crippen molar-refractivity contribution in [3.8, 4) is 0 Å². The molecular weight excluding hydrogens is 987 g/mol. The van der Waals surface area contributed by atoms with E-state index >= 15 is 0 Å². The summed E-state index contributed by atoms with van der Waals surface area (Å²) in [5.74, 6) is -0.278. The van der Waals surface area contributed by atoms with E-state index in [1.165, 1.54) is 135 Å². The molecule has 0 spiro atoms. The molecule has 0 aromatic rings. The smallest absolute Gasteiger partial charge is 0.220 e. The van der Waals surface area contributed by atoms with Crippen LogP contribution in [0.3, 0.4) is 0 Å². The largest absolute Gasteiger partial charge is 0.394 e. The topological polar surface area (TPSA) is 307 Å². The summed E-state index contributed by atoms with van der Waals surface area (Å²) in [5.41, 5.74) is 0. The molecular formula is C57H107NO18. The fourth-order valence-electron chi connectivity index (χ4n) is 10.4. The molecule has 19 heteroatoms. The number of rotatable bonds is 44. The molecule has 0 aliphatic carbocycles. The van der Waals surface area contributed by atoms with Crippen LogP contribution < -0.4 is 5.32 Å². The summed E-state index contributed by atoms with van der Waals surface area (Å²) in [6, 6.07) is -0.964. The fourth-order valence-corrected chi connectivity index (χ4v) is 10.4. The maximum Gasteiger partial charge on any atom is 0.220 e. The van der Waals surface area contributed by atoms with Crippen LogP contribution in [0.15, 0.2) is 12.2 Å². The molecule has 0 radical (unpaired) electrons. The zero-order valence-electron chi connectivity index (χ0n) is 46.5. The lowest BCUT2D eigenvalue weighted by Crippen LogP contribution is -2.66. The minimum Gasteiger partial charge on any atom is -0.394 e. The maximum absolute atomic E-state index is 13.2. The van der Waals surface area contributed by atoms with Crippen LogP contribution in [0, 0.1) is 0 Å². The highest BCUT2D eigenvalue weighted by Gasteiger charge is 2.53. The summed E-state index contributed by atoms with van der Waals surface area (Å²) in [6.45, 7) is 1.64. The van der Waals surface area contributed by atoms with Crippen molar-refractivity contribution in [2.24, 2.45) is 0 Å². The lowest BCUT2D eigenvalue weighted by molar-refractivity contribution is -0.379. The van der Waals surface area contributed by atoms with E-state index in [4.69, 9.17) is 28.4 Å². The van der Waals surface area contributed by atoms with E-state index in [9.17, 15) is 61.0 Å². The Bertz CT molecular complexity index is 1450. The Morgan fingerprint density at radius 2 is 0.816 bits per heavy atom. The maximum atomic E-state index is 13.2. The predicted molar refractivity (Wildman–Crippen MR) is 287 cm³/mol. The van der Waals surface area contributed by atoms with Crippen molar-refractivity contribution in [1.29, 1.82) is 0 Å². The van der Waals surface area contributed by atoms with Crippen molar-refractivity contribution in [2.45, 2.75) is 317 Å². The van der Waals surface area contributed by atoms with Crippen molar-refractivity contribution in [2.75, 3.05) is 26.4 Å². The van der Waals surface area contributed by atoms with Gasteiger partial charge in [-0.25, -0.2) is 0 Å². The highest BCUT2D eigenvalue weighted by atomic mass is 16.8. The highest BCUT2D eigenvalue weighted by molar-refractivity contribution is 5.76. The van der Waals surface area contributed by atoms with E-state index < -0.39 is 124 Å². The van der Waals surface area contributed by atoms with E-state index in [2.05, 4.69) is 19.2 Å². The molecule has 3 fully saturated rings. The first-order valence-corrected chi connectivity index (χ1v) is 29.9. The molecule has 3 rings (SSSR count). The Labute approximate surface area is 455 Å². The van der Waals surface area contributed by atoms with Gasteiger partial charge in [0, 0.05) is 6.42 Å². The van der Waals surface area contributed by atoms with Crippen LogP contribution in [0.4, 0.5) is 0 Å². The lowest BCUT2D eigenvalue weighted by Gasteiger charge is -2.48. The van der Waals surface area contributed by atoms with Crippen LogP contribution in [0.1, 0.15) is 213 Å². The average molecular weight is 1090 g/mol. The number of amides is 1. The Balaban J connectivity index is 1.38. The summed E-state index contributed by atoms with van der Waals surface area (Å²) >= 11 is 0. The third-order valence-corrected chi connectivity index (χ3v) is 15.3. The molecule has 0 saturated carbocycles. The van der Waals surface area contributed by atoms with Gasteiger partial charge in [-0.3, -0.25) is 4.79 Å². The van der Waals surface area contributed by atoms with Crippen molar-refractivity contribution in [3.63, 3.8) is 0 Å². The molecule has 0 bridgehead atoms. The van der Waals surface area contributed by atoms with Gasteiger partial charge in [0.05, 0.1) is 38.6 Å². The van der Waals surface area contributed by atoms with Gasteiger partial charge in [0.2, 0.25) is 5.91 Å². The van der Waals surface area contributed by atoms with Crippen LogP contribution in [0.2, 0.25) is 0 Å². The van der Waals surface area contributed by atoms with Crippen LogP contribution in [-0.4, -0.2) is 193 Å². The molecule has 19 nitrogen and oxygen atoms in total. The van der Waals surface area contributed by atoms with E-state index in [-0.39, 0.29) is 18.9 Å². The van der Waals surface area contributed by atoms with Crippen molar-refractivity contribution >= 4 is 5.91 Å². The number of unbranched alkanes of at least 4 members (excludes halogenated alkanes) is 28. The van der Waals surface area contributed by atoms with Crippen molar-refractivity contribution < 1.29 is 89.4 Å². The third-order valence-electron chi connectivity index (χ3n) is 15.3.